The Morgan fingerprint density at radius 1 is 1.40 bits per heavy atom. The van der Waals surface area contributed by atoms with Crippen molar-refractivity contribution in [3.8, 4) is 0 Å². The van der Waals surface area contributed by atoms with Crippen LogP contribution in [0.25, 0.3) is 0 Å². The van der Waals surface area contributed by atoms with Gasteiger partial charge in [0.05, 0.1) is 11.4 Å². The van der Waals surface area contributed by atoms with E-state index in [9.17, 15) is 8.42 Å². The number of hydrogen-bond acceptors (Lipinski definition) is 5. The Kier molecular flexibility index (Phi) is 4.82. The Labute approximate surface area is 124 Å². The molecule has 1 saturated carbocycles. The van der Waals surface area contributed by atoms with Crippen molar-refractivity contribution < 1.29 is 8.42 Å². The summed E-state index contributed by atoms with van der Waals surface area (Å²) in [6.45, 7) is 2.17. The molecule has 1 aromatic rings. The van der Waals surface area contributed by atoms with Gasteiger partial charge in [0.25, 0.3) is 0 Å². The van der Waals surface area contributed by atoms with Crippen LogP contribution in [0.4, 0.5) is 11.4 Å². The quantitative estimate of drug-likeness (QED) is 0.722. The molecule has 1 aliphatic rings. The summed E-state index contributed by atoms with van der Waals surface area (Å²) in [4.78, 5) is -0.0139. The van der Waals surface area contributed by atoms with Gasteiger partial charge in [-0.05, 0) is 37.1 Å². The van der Waals surface area contributed by atoms with Gasteiger partial charge in [0.1, 0.15) is 4.90 Å². The Morgan fingerprint density at radius 3 is 2.80 bits per heavy atom. The number of nitrogen functional groups attached to an aromatic ring is 1. The van der Waals surface area contributed by atoms with E-state index in [0.29, 0.717) is 17.0 Å². The number of primary sulfonamides is 1. The van der Waals surface area contributed by atoms with Crippen molar-refractivity contribution in [1.29, 1.82) is 0 Å². The van der Waals surface area contributed by atoms with Crippen LogP contribution in [0.15, 0.2) is 23.1 Å². The molecule has 0 radical (unpaired) electrons. The third-order valence-corrected chi connectivity index (χ3v) is 5.72. The highest BCUT2D eigenvalue weighted by Crippen LogP contribution is 2.33. The molecule has 1 aliphatic carbocycles. The SMILES string of the molecule is CCSC1CCC(Nc2cccc(S(N)(=O)=O)c2N)C1. The standard InChI is InChI=1S/C13H21N3O2S2/c1-2-19-10-7-6-9(8-10)16-11-4-3-5-12(13(11)14)20(15,17)18/h3-5,9-10,16H,2,6-8,14H2,1H3,(H2,15,17,18). The lowest BCUT2D eigenvalue weighted by molar-refractivity contribution is 0.598. The molecule has 112 valence electrons. The summed E-state index contributed by atoms with van der Waals surface area (Å²) in [6, 6.07) is 5.23. The minimum atomic E-state index is -3.78. The van der Waals surface area contributed by atoms with E-state index in [1.807, 2.05) is 11.8 Å². The van der Waals surface area contributed by atoms with Crippen molar-refractivity contribution in [3.05, 3.63) is 18.2 Å². The second-order valence-electron chi connectivity index (χ2n) is 4.99. The summed E-state index contributed by atoms with van der Waals surface area (Å²) in [6.07, 6.45) is 3.35. The van der Waals surface area contributed by atoms with Crippen LogP contribution in [0.5, 0.6) is 0 Å². The average molecular weight is 315 g/mol. The summed E-state index contributed by atoms with van der Waals surface area (Å²) in [5, 5.41) is 9.19. The van der Waals surface area contributed by atoms with Crippen LogP contribution in [0.1, 0.15) is 26.2 Å². The van der Waals surface area contributed by atoms with Gasteiger partial charge in [0, 0.05) is 11.3 Å². The first-order valence-electron chi connectivity index (χ1n) is 6.71. The number of hydrogen-bond donors (Lipinski definition) is 3. The fourth-order valence-electron chi connectivity index (χ4n) is 2.60. The smallest absolute Gasteiger partial charge is 0.240 e. The molecule has 1 fully saturated rings. The van der Waals surface area contributed by atoms with Crippen LogP contribution >= 0.6 is 11.8 Å². The van der Waals surface area contributed by atoms with Gasteiger partial charge in [-0.25, -0.2) is 13.6 Å². The average Bonchev–Trinajstić information content (AvgIpc) is 2.78. The molecule has 2 atom stereocenters. The second kappa shape index (κ2) is 6.24. The first-order valence-corrected chi connectivity index (χ1v) is 9.30. The van der Waals surface area contributed by atoms with Gasteiger partial charge < -0.3 is 11.1 Å². The van der Waals surface area contributed by atoms with E-state index in [2.05, 4.69) is 12.2 Å². The summed E-state index contributed by atoms with van der Waals surface area (Å²) >= 11 is 1.98. The molecule has 0 saturated heterocycles. The summed E-state index contributed by atoms with van der Waals surface area (Å²) in [7, 11) is -3.78. The Morgan fingerprint density at radius 2 is 2.15 bits per heavy atom. The van der Waals surface area contributed by atoms with Gasteiger partial charge in [0.15, 0.2) is 0 Å². The first-order chi connectivity index (χ1) is 9.41. The number of nitrogens with one attached hydrogen (secondary N) is 1. The molecule has 0 aliphatic heterocycles. The monoisotopic (exact) mass is 315 g/mol. The highest BCUT2D eigenvalue weighted by atomic mass is 32.2. The minimum absolute atomic E-state index is 0.0139. The summed E-state index contributed by atoms with van der Waals surface area (Å²) in [5.74, 6) is 1.13. The fourth-order valence-corrected chi connectivity index (χ4v) is 4.42. The van der Waals surface area contributed by atoms with E-state index in [4.69, 9.17) is 10.9 Å². The highest BCUT2D eigenvalue weighted by Gasteiger charge is 2.25. The maximum atomic E-state index is 11.4. The van der Waals surface area contributed by atoms with Gasteiger partial charge in [-0.1, -0.05) is 13.0 Å². The Hall–Kier alpha value is -0.920. The normalized spacial score (nSPS) is 22.9. The van der Waals surface area contributed by atoms with Crippen molar-refractivity contribution >= 4 is 33.2 Å². The molecule has 2 rings (SSSR count). The molecule has 0 heterocycles. The molecule has 0 aromatic heterocycles. The van der Waals surface area contributed by atoms with Crippen LogP contribution in [0.3, 0.4) is 0 Å². The number of rotatable bonds is 5. The Bertz CT molecular complexity index is 575. The molecule has 0 amide bonds. The molecule has 5 N–H and O–H groups in total. The van der Waals surface area contributed by atoms with E-state index >= 15 is 0 Å². The second-order valence-corrected chi connectivity index (χ2v) is 8.10. The van der Waals surface area contributed by atoms with E-state index in [1.54, 1.807) is 12.1 Å². The van der Waals surface area contributed by atoms with Gasteiger partial charge in [0.2, 0.25) is 10.0 Å². The van der Waals surface area contributed by atoms with Crippen LogP contribution in [-0.4, -0.2) is 25.5 Å². The molecular weight excluding hydrogens is 294 g/mol. The van der Waals surface area contributed by atoms with E-state index < -0.39 is 10.0 Å². The topological polar surface area (TPSA) is 98.2 Å². The largest absolute Gasteiger partial charge is 0.396 e. The third kappa shape index (κ3) is 3.59. The molecule has 7 heteroatoms. The van der Waals surface area contributed by atoms with Crippen LogP contribution < -0.4 is 16.2 Å². The lowest BCUT2D eigenvalue weighted by Gasteiger charge is -2.17. The maximum absolute atomic E-state index is 11.4. The first kappa shape index (κ1) is 15.5. The van der Waals surface area contributed by atoms with Crippen molar-refractivity contribution in [3.63, 3.8) is 0 Å². The third-order valence-electron chi connectivity index (χ3n) is 3.52. The molecule has 1 aromatic carbocycles. The summed E-state index contributed by atoms with van der Waals surface area (Å²) < 4.78 is 22.9. The molecular formula is C13H21N3O2S2. The van der Waals surface area contributed by atoms with E-state index in [1.165, 1.54) is 12.5 Å². The highest BCUT2D eigenvalue weighted by molar-refractivity contribution is 7.99. The zero-order valence-electron chi connectivity index (χ0n) is 11.5. The molecule has 0 bridgehead atoms. The van der Waals surface area contributed by atoms with Crippen molar-refractivity contribution in [2.24, 2.45) is 5.14 Å². The van der Waals surface area contributed by atoms with Gasteiger partial charge >= 0.3 is 0 Å². The van der Waals surface area contributed by atoms with Crippen molar-refractivity contribution in [2.75, 3.05) is 16.8 Å². The van der Waals surface area contributed by atoms with Crippen LogP contribution in [0.2, 0.25) is 0 Å². The zero-order valence-corrected chi connectivity index (χ0v) is 13.1. The number of thioether (sulfide) groups is 1. The van der Waals surface area contributed by atoms with Crippen LogP contribution in [-0.2, 0) is 10.0 Å². The minimum Gasteiger partial charge on any atom is -0.396 e. The zero-order chi connectivity index (χ0) is 14.8. The van der Waals surface area contributed by atoms with Gasteiger partial charge in [-0.3, -0.25) is 0 Å². The molecule has 20 heavy (non-hydrogen) atoms. The number of benzene rings is 1. The van der Waals surface area contributed by atoms with Crippen LogP contribution in [0, 0.1) is 0 Å². The fraction of sp³-hybridized carbons (Fsp3) is 0.538. The molecule has 2 unspecified atom stereocenters. The summed E-state index contributed by atoms with van der Waals surface area (Å²) in [5.41, 5.74) is 6.78. The van der Waals surface area contributed by atoms with Gasteiger partial charge in [-0.15, -0.1) is 0 Å². The maximum Gasteiger partial charge on any atom is 0.240 e. The number of para-hydroxylation sites is 1. The lowest BCUT2D eigenvalue weighted by Crippen LogP contribution is -2.19. The molecule has 0 spiro atoms. The number of nitrogens with two attached hydrogens (primary N) is 2. The van der Waals surface area contributed by atoms with Crippen molar-refractivity contribution in [2.45, 2.75) is 42.4 Å². The number of sulfonamides is 1. The lowest BCUT2D eigenvalue weighted by atomic mass is 10.2. The number of anilines is 2. The van der Waals surface area contributed by atoms with E-state index in [0.717, 1.165) is 18.6 Å². The molecule has 5 nitrogen and oxygen atoms in total. The Balaban J connectivity index is 2.11. The predicted molar refractivity (Wildman–Crippen MR) is 85.4 cm³/mol. The van der Waals surface area contributed by atoms with E-state index in [-0.39, 0.29) is 10.6 Å². The van der Waals surface area contributed by atoms with Crippen molar-refractivity contribution in [1.82, 2.24) is 0 Å². The van der Waals surface area contributed by atoms with Gasteiger partial charge in [-0.2, -0.15) is 11.8 Å². The predicted octanol–water partition coefficient (Wildman–Crippen LogP) is 2.00.